The third kappa shape index (κ3) is 3.71. The van der Waals surface area contributed by atoms with E-state index in [1.807, 2.05) is 0 Å². The van der Waals surface area contributed by atoms with Crippen LogP contribution in [0.3, 0.4) is 0 Å². The normalized spacial score (nSPS) is 11.0. The van der Waals surface area contributed by atoms with E-state index in [0.717, 1.165) is 6.07 Å². The number of aliphatic carboxylic acids is 1. The van der Waals surface area contributed by atoms with Crippen LogP contribution in [0, 0.1) is 20.2 Å². The minimum absolute atomic E-state index is 0.0828. The predicted molar refractivity (Wildman–Crippen MR) is 84.4 cm³/mol. The lowest BCUT2D eigenvalue weighted by atomic mass is 9.80. The van der Waals surface area contributed by atoms with E-state index in [4.69, 9.17) is 0 Å². The maximum Gasteiger partial charge on any atom is 0.336 e. The number of rotatable bonds is 4. The van der Waals surface area contributed by atoms with Gasteiger partial charge in [0.2, 0.25) is 0 Å². The SMILES string of the molecule is CC(C)=C(C(=O)O)c1c([N+](=O)[O-])cc([N+](=O)[O-])cc1C(C)(C)C. The number of carboxylic acids is 1. The van der Waals surface area contributed by atoms with Crippen LogP contribution >= 0.6 is 0 Å². The zero-order valence-electron chi connectivity index (χ0n) is 13.5. The van der Waals surface area contributed by atoms with Crippen LogP contribution in [0.1, 0.15) is 45.7 Å². The molecule has 0 saturated heterocycles. The monoisotopic (exact) mass is 322 g/mol. The Labute approximate surface area is 132 Å². The second kappa shape index (κ2) is 6.15. The molecule has 0 fully saturated rings. The van der Waals surface area contributed by atoms with Crippen molar-refractivity contribution in [2.24, 2.45) is 0 Å². The zero-order valence-corrected chi connectivity index (χ0v) is 13.5. The second-order valence-corrected chi connectivity index (χ2v) is 6.33. The van der Waals surface area contributed by atoms with Crippen LogP contribution in [-0.2, 0) is 10.2 Å². The van der Waals surface area contributed by atoms with Gasteiger partial charge in [-0.05, 0) is 24.8 Å². The first-order valence-corrected chi connectivity index (χ1v) is 6.76. The number of non-ortho nitro benzene ring substituents is 1. The molecule has 0 radical (unpaired) electrons. The summed E-state index contributed by atoms with van der Waals surface area (Å²) in [6.07, 6.45) is 0. The molecule has 1 rings (SSSR count). The number of carboxylic acid groups (broad SMARTS) is 1. The van der Waals surface area contributed by atoms with Crippen molar-refractivity contribution in [2.45, 2.75) is 40.0 Å². The summed E-state index contributed by atoms with van der Waals surface area (Å²) in [4.78, 5) is 32.5. The van der Waals surface area contributed by atoms with Gasteiger partial charge in [0.15, 0.2) is 0 Å². The summed E-state index contributed by atoms with van der Waals surface area (Å²) < 4.78 is 0. The molecule has 0 saturated carbocycles. The topological polar surface area (TPSA) is 124 Å². The highest BCUT2D eigenvalue weighted by atomic mass is 16.6. The van der Waals surface area contributed by atoms with Crippen molar-refractivity contribution in [3.8, 4) is 0 Å². The molecule has 23 heavy (non-hydrogen) atoms. The van der Waals surface area contributed by atoms with Crippen molar-refractivity contribution in [3.63, 3.8) is 0 Å². The molecule has 1 aromatic rings. The number of hydrogen-bond acceptors (Lipinski definition) is 5. The molecule has 0 aliphatic heterocycles. The third-order valence-electron chi connectivity index (χ3n) is 3.28. The Bertz CT molecular complexity index is 724. The fraction of sp³-hybridized carbons (Fsp3) is 0.400. The van der Waals surface area contributed by atoms with Gasteiger partial charge in [-0.3, -0.25) is 20.2 Å². The van der Waals surface area contributed by atoms with Gasteiger partial charge in [0.25, 0.3) is 11.4 Å². The van der Waals surface area contributed by atoms with E-state index in [2.05, 4.69) is 0 Å². The molecule has 8 nitrogen and oxygen atoms in total. The number of benzene rings is 1. The molecule has 0 aromatic heterocycles. The Morgan fingerprint density at radius 3 is 1.91 bits per heavy atom. The minimum atomic E-state index is -1.31. The minimum Gasteiger partial charge on any atom is -0.478 e. The van der Waals surface area contributed by atoms with E-state index in [9.17, 15) is 30.1 Å². The second-order valence-electron chi connectivity index (χ2n) is 6.33. The summed E-state index contributed by atoms with van der Waals surface area (Å²) in [5, 5.41) is 31.9. The maximum atomic E-state index is 11.6. The first kappa shape index (κ1) is 18.3. The third-order valence-corrected chi connectivity index (χ3v) is 3.28. The van der Waals surface area contributed by atoms with Crippen molar-refractivity contribution in [1.29, 1.82) is 0 Å². The fourth-order valence-electron chi connectivity index (χ4n) is 2.29. The van der Waals surface area contributed by atoms with Gasteiger partial charge in [-0.25, -0.2) is 4.79 Å². The summed E-state index contributed by atoms with van der Waals surface area (Å²) in [7, 11) is 0. The highest BCUT2D eigenvalue weighted by Gasteiger charge is 2.33. The van der Waals surface area contributed by atoms with Crippen LogP contribution in [0.4, 0.5) is 11.4 Å². The first-order valence-electron chi connectivity index (χ1n) is 6.76. The predicted octanol–water partition coefficient (Wildman–Crippen LogP) is 3.68. The maximum absolute atomic E-state index is 11.6. The van der Waals surface area contributed by atoms with Gasteiger partial charge in [-0.2, -0.15) is 0 Å². The van der Waals surface area contributed by atoms with Crippen LogP contribution in [-0.4, -0.2) is 20.9 Å². The molecule has 0 aliphatic carbocycles. The lowest BCUT2D eigenvalue weighted by Crippen LogP contribution is -2.18. The Morgan fingerprint density at radius 2 is 1.61 bits per heavy atom. The largest absolute Gasteiger partial charge is 0.478 e. The van der Waals surface area contributed by atoms with E-state index in [1.165, 1.54) is 19.9 Å². The summed E-state index contributed by atoms with van der Waals surface area (Å²) >= 11 is 0. The van der Waals surface area contributed by atoms with Crippen LogP contribution in [0.5, 0.6) is 0 Å². The Hall–Kier alpha value is -2.77. The molecule has 0 atom stereocenters. The first-order chi connectivity index (χ1) is 10.4. The van der Waals surface area contributed by atoms with Crippen LogP contribution in [0.25, 0.3) is 5.57 Å². The van der Waals surface area contributed by atoms with Gasteiger partial charge in [0.05, 0.1) is 27.0 Å². The molecule has 0 amide bonds. The van der Waals surface area contributed by atoms with E-state index in [0.29, 0.717) is 5.57 Å². The Balaban J connectivity index is 4.07. The van der Waals surface area contributed by atoms with Gasteiger partial charge in [-0.15, -0.1) is 0 Å². The highest BCUT2D eigenvalue weighted by Crippen LogP contribution is 2.40. The highest BCUT2D eigenvalue weighted by molar-refractivity contribution is 6.18. The molecule has 0 aliphatic rings. The van der Waals surface area contributed by atoms with Gasteiger partial charge in [0, 0.05) is 6.07 Å². The van der Waals surface area contributed by atoms with Gasteiger partial charge in [0.1, 0.15) is 0 Å². The molecule has 0 spiro atoms. The van der Waals surface area contributed by atoms with Crippen molar-refractivity contribution >= 4 is 22.9 Å². The van der Waals surface area contributed by atoms with Crippen LogP contribution < -0.4 is 0 Å². The number of hydrogen-bond donors (Lipinski definition) is 1. The number of nitrogens with zero attached hydrogens (tertiary/aromatic N) is 2. The van der Waals surface area contributed by atoms with Crippen molar-refractivity contribution in [3.05, 3.63) is 49.1 Å². The van der Waals surface area contributed by atoms with Crippen molar-refractivity contribution in [1.82, 2.24) is 0 Å². The van der Waals surface area contributed by atoms with E-state index in [-0.39, 0.29) is 16.7 Å². The van der Waals surface area contributed by atoms with Gasteiger partial charge in [-0.1, -0.05) is 26.3 Å². The molecular formula is C15H18N2O6. The molecular weight excluding hydrogens is 304 g/mol. The van der Waals surface area contributed by atoms with Gasteiger partial charge < -0.3 is 5.11 Å². The average Bonchev–Trinajstić information content (AvgIpc) is 2.35. The number of allylic oxidation sites excluding steroid dienone is 1. The van der Waals surface area contributed by atoms with E-state index in [1.54, 1.807) is 20.8 Å². The molecule has 0 heterocycles. The van der Waals surface area contributed by atoms with Gasteiger partial charge >= 0.3 is 5.97 Å². The summed E-state index contributed by atoms with van der Waals surface area (Å²) in [6.45, 7) is 8.19. The van der Waals surface area contributed by atoms with E-state index < -0.39 is 32.6 Å². The molecule has 1 N–H and O–H groups in total. The molecule has 8 heteroatoms. The molecule has 1 aromatic carbocycles. The van der Waals surface area contributed by atoms with Crippen molar-refractivity contribution in [2.75, 3.05) is 0 Å². The van der Waals surface area contributed by atoms with Crippen LogP contribution in [0.2, 0.25) is 0 Å². The smallest absolute Gasteiger partial charge is 0.336 e. The molecule has 124 valence electrons. The van der Waals surface area contributed by atoms with E-state index >= 15 is 0 Å². The number of carbonyl (C=O) groups is 1. The fourth-order valence-corrected chi connectivity index (χ4v) is 2.29. The lowest BCUT2D eigenvalue weighted by molar-refractivity contribution is -0.394. The average molecular weight is 322 g/mol. The lowest BCUT2D eigenvalue weighted by Gasteiger charge is -2.23. The quantitative estimate of drug-likeness (QED) is 0.512. The number of nitro benzene ring substituents is 2. The molecule has 0 unspecified atom stereocenters. The van der Waals surface area contributed by atoms with Crippen LogP contribution in [0.15, 0.2) is 17.7 Å². The summed E-state index contributed by atoms with van der Waals surface area (Å²) in [5.74, 6) is -1.31. The summed E-state index contributed by atoms with van der Waals surface area (Å²) in [6, 6.07) is 2.00. The zero-order chi connectivity index (χ0) is 18.1. The van der Waals surface area contributed by atoms with Crippen molar-refractivity contribution < 1.29 is 19.7 Å². The summed E-state index contributed by atoms with van der Waals surface area (Å²) in [5.41, 5.74) is -1.41. The Kier molecular flexibility index (Phi) is 4.89. The molecule has 0 bridgehead atoms. The standard InChI is InChI=1S/C15H18N2O6/c1-8(2)12(14(18)19)13-10(15(3,4)5)6-9(16(20)21)7-11(13)17(22)23/h6-7H,1-5H3,(H,18,19). The number of nitro groups is 2. The Morgan fingerprint density at radius 1 is 1.09 bits per heavy atom.